The number of hydrogen-bond acceptors (Lipinski definition) is 4. The highest BCUT2D eigenvalue weighted by molar-refractivity contribution is 5.97. The molecule has 1 rings (SSSR count). The fraction of sp³-hybridized carbons (Fsp3) is 0.438. The summed E-state index contributed by atoms with van der Waals surface area (Å²) in [5.74, 6) is -1.77. The number of amides is 3. The second-order valence-electron chi connectivity index (χ2n) is 6.13. The van der Waals surface area contributed by atoms with Crippen LogP contribution in [0.25, 0.3) is 0 Å². The summed E-state index contributed by atoms with van der Waals surface area (Å²) in [6.45, 7) is 6.66. The molecule has 3 amide bonds. The molecule has 0 fully saturated rings. The number of rotatable bonds is 4. The van der Waals surface area contributed by atoms with Crippen LogP contribution in [0.5, 0.6) is 0 Å². The van der Waals surface area contributed by atoms with Crippen LogP contribution in [0.15, 0.2) is 24.3 Å². The van der Waals surface area contributed by atoms with Gasteiger partial charge in [0.1, 0.15) is 5.82 Å². The van der Waals surface area contributed by atoms with Crippen molar-refractivity contribution in [1.82, 2.24) is 10.6 Å². The monoisotopic (exact) mass is 324 g/mol. The van der Waals surface area contributed by atoms with E-state index in [0.717, 1.165) is 0 Å². The molecule has 6 nitrogen and oxygen atoms in total. The largest absolute Gasteiger partial charge is 0.452 e. The first-order valence-corrected chi connectivity index (χ1v) is 7.14. The zero-order valence-corrected chi connectivity index (χ0v) is 13.6. The Morgan fingerprint density at radius 1 is 1.17 bits per heavy atom. The second-order valence-corrected chi connectivity index (χ2v) is 6.13. The fourth-order valence-corrected chi connectivity index (χ4v) is 1.65. The lowest BCUT2D eigenvalue weighted by Gasteiger charge is -2.21. The van der Waals surface area contributed by atoms with E-state index < -0.39 is 35.4 Å². The second kappa shape index (κ2) is 7.71. The van der Waals surface area contributed by atoms with Crippen LogP contribution in [0.4, 0.5) is 9.18 Å². The highest BCUT2D eigenvalue weighted by atomic mass is 19.1. The van der Waals surface area contributed by atoms with E-state index in [1.54, 1.807) is 20.8 Å². The lowest BCUT2D eigenvalue weighted by atomic mass is 10.1. The highest BCUT2D eigenvalue weighted by Gasteiger charge is 2.22. The van der Waals surface area contributed by atoms with Crippen LogP contribution in [0.3, 0.4) is 0 Å². The van der Waals surface area contributed by atoms with Crippen molar-refractivity contribution in [3.05, 3.63) is 35.6 Å². The van der Waals surface area contributed by atoms with Crippen LogP contribution in [0.2, 0.25) is 0 Å². The number of urea groups is 1. The highest BCUT2D eigenvalue weighted by Crippen LogP contribution is 2.05. The molecule has 1 aromatic carbocycles. The first kappa shape index (κ1) is 18.6. The van der Waals surface area contributed by atoms with Crippen molar-refractivity contribution in [2.45, 2.75) is 45.8 Å². The number of imide groups is 1. The van der Waals surface area contributed by atoms with Gasteiger partial charge >= 0.3 is 12.0 Å². The summed E-state index contributed by atoms with van der Waals surface area (Å²) < 4.78 is 17.7. The molecule has 0 aromatic heterocycles. The van der Waals surface area contributed by atoms with Gasteiger partial charge in [-0.25, -0.2) is 9.18 Å². The fourth-order valence-electron chi connectivity index (χ4n) is 1.65. The molecule has 2 N–H and O–H groups in total. The number of ether oxygens (including phenoxy) is 1. The first-order chi connectivity index (χ1) is 10.6. The maximum Gasteiger partial charge on any atom is 0.321 e. The van der Waals surface area contributed by atoms with Gasteiger partial charge in [-0.1, -0.05) is 12.1 Å². The van der Waals surface area contributed by atoms with Crippen LogP contribution in [-0.4, -0.2) is 29.6 Å². The number of benzene rings is 1. The molecule has 23 heavy (non-hydrogen) atoms. The minimum absolute atomic E-state index is 0.0912. The summed E-state index contributed by atoms with van der Waals surface area (Å²) in [7, 11) is 0. The van der Waals surface area contributed by atoms with Crippen molar-refractivity contribution < 1.29 is 23.5 Å². The molecule has 7 heteroatoms. The van der Waals surface area contributed by atoms with E-state index in [0.29, 0.717) is 5.56 Å². The van der Waals surface area contributed by atoms with Crippen molar-refractivity contribution in [3.8, 4) is 0 Å². The zero-order chi connectivity index (χ0) is 17.6. The molecule has 126 valence electrons. The third-order valence-corrected chi connectivity index (χ3v) is 2.66. The number of esters is 1. The van der Waals surface area contributed by atoms with Crippen molar-refractivity contribution in [2.75, 3.05) is 0 Å². The van der Waals surface area contributed by atoms with E-state index >= 15 is 0 Å². The Hall–Kier alpha value is -2.44. The number of nitrogens with one attached hydrogen (secondary N) is 2. The van der Waals surface area contributed by atoms with Gasteiger partial charge in [0.2, 0.25) is 0 Å². The van der Waals surface area contributed by atoms with Crippen LogP contribution in [0, 0.1) is 5.82 Å². The Labute approximate surface area is 134 Å². The molecule has 0 aliphatic carbocycles. The summed E-state index contributed by atoms with van der Waals surface area (Å²) in [6.07, 6.45) is -1.21. The molecule has 0 bridgehead atoms. The summed E-state index contributed by atoms with van der Waals surface area (Å²) in [6, 6.07) is 4.71. The van der Waals surface area contributed by atoms with Gasteiger partial charge < -0.3 is 10.1 Å². The van der Waals surface area contributed by atoms with E-state index in [2.05, 4.69) is 10.6 Å². The molecule has 0 spiro atoms. The van der Waals surface area contributed by atoms with Crippen LogP contribution >= 0.6 is 0 Å². The zero-order valence-electron chi connectivity index (χ0n) is 13.6. The van der Waals surface area contributed by atoms with Crippen molar-refractivity contribution >= 4 is 17.9 Å². The molecule has 1 aromatic rings. The first-order valence-electron chi connectivity index (χ1n) is 7.14. The van der Waals surface area contributed by atoms with E-state index in [9.17, 15) is 18.8 Å². The minimum Gasteiger partial charge on any atom is -0.452 e. The molecular weight excluding hydrogens is 303 g/mol. The predicted molar refractivity (Wildman–Crippen MR) is 82.1 cm³/mol. The average Bonchev–Trinajstić information content (AvgIpc) is 2.38. The van der Waals surface area contributed by atoms with Gasteiger partial charge in [0.05, 0.1) is 6.42 Å². The summed E-state index contributed by atoms with van der Waals surface area (Å²) in [5.41, 5.74) is 0.0711. The quantitative estimate of drug-likeness (QED) is 0.829. The van der Waals surface area contributed by atoms with Gasteiger partial charge in [0.25, 0.3) is 5.91 Å². The van der Waals surface area contributed by atoms with Crippen molar-refractivity contribution in [2.24, 2.45) is 0 Å². The molecule has 0 heterocycles. The molecule has 1 atom stereocenters. The van der Waals surface area contributed by atoms with Gasteiger partial charge in [-0.15, -0.1) is 0 Å². The Morgan fingerprint density at radius 2 is 1.74 bits per heavy atom. The van der Waals surface area contributed by atoms with Gasteiger partial charge in [0, 0.05) is 5.54 Å². The third-order valence-electron chi connectivity index (χ3n) is 2.66. The molecule has 0 aliphatic heterocycles. The van der Waals surface area contributed by atoms with Crippen molar-refractivity contribution in [1.29, 1.82) is 0 Å². The lowest BCUT2D eigenvalue weighted by molar-refractivity contribution is -0.153. The van der Waals surface area contributed by atoms with E-state index in [-0.39, 0.29) is 6.42 Å². The molecule has 0 aliphatic rings. The van der Waals surface area contributed by atoms with Gasteiger partial charge in [-0.3, -0.25) is 14.9 Å². The maximum atomic E-state index is 12.8. The van der Waals surface area contributed by atoms with Crippen LogP contribution in [-0.2, 0) is 20.7 Å². The van der Waals surface area contributed by atoms with E-state index in [1.165, 1.54) is 31.2 Å². The Bertz CT molecular complexity index is 579. The van der Waals surface area contributed by atoms with Crippen LogP contribution in [0.1, 0.15) is 33.3 Å². The summed E-state index contributed by atoms with van der Waals surface area (Å²) in [4.78, 5) is 35.1. The standard InChI is InChI=1S/C16H21FN2O4/c1-10(14(21)18-15(22)19-16(2,3)4)23-13(20)9-11-5-7-12(17)8-6-11/h5-8,10H,9H2,1-4H3,(H2,18,19,21,22). The number of hydrogen-bond donors (Lipinski definition) is 2. The molecule has 1 unspecified atom stereocenters. The molecule has 0 saturated carbocycles. The Morgan fingerprint density at radius 3 is 2.26 bits per heavy atom. The summed E-state index contributed by atoms with van der Waals surface area (Å²) >= 11 is 0. The third kappa shape index (κ3) is 7.39. The van der Waals surface area contributed by atoms with Crippen LogP contribution < -0.4 is 10.6 Å². The Balaban J connectivity index is 2.46. The molecule has 0 radical (unpaired) electrons. The minimum atomic E-state index is -1.12. The van der Waals surface area contributed by atoms with Gasteiger partial charge in [0.15, 0.2) is 6.10 Å². The van der Waals surface area contributed by atoms with E-state index in [1.807, 2.05) is 0 Å². The van der Waals surface area contributed by atoms with Gasteiger partial charge in [-0.05, 0) is 45.4 Å². The molecular formula is C16H21FN2O4. The van der Waals surface area contributed by atoms with Gasteiger partial charge in [-0.2, -0.15) is 0 Å². The number of halogens is 1. The lowest BCUT2D eigenvalue weighted by Crippen LogP contribution is -2.50. The topological polar surface area (TPSA) is 84.5 Å². The van der Waals surface area contributed by atoms with E-state index in [4.69, 9.17) is 4.74 Å². The predicted octanol–water partition coefficient (Wildman–Crippen LogP) is 1.92. The SMILES string of the molecule is CC(OC(=O)Cc1ccc(F)cc1)C(=O)NC(=O)NC(C)(C)C. The molecule has 0 saturated heterocycles. The Kier molecular flexibility index (Phi) is 6.24. The smallest absolute Gasteiger partial charge is 0.321 e. The average molecular weight is 324 g/mol. The van der Waals surface area contributed by atoms with Crippen molar-refractivity contribution in [3.63, 3.8) is 0 Å². The number of carbonyl (C=O) groups excluding carboxylic acids is 3. The maximum absolute atomic E-state index is 12.8. The number of carbonyl (C=O) groups is 3. The summed E-state index contributed by atoms with van der Waals surface area (Å²) in [5, 5.41) is 4.65. The normalized spacial score (nSPS) is 12.2.